The Labute approximate surface area is 147 Å². The zero-order valence-corrected chi connectivity index (χ0v) is 15.1. The summed E-state index contributed by atoms with van der Waals surface area (Å²) in [5.41, 5.74) is 2.03. The Bertz CT molecular complexity index is 695. The Balaban J connectivity index is 1.74. The third kappa shape index (κ3) is 5.77. The van der Waals surface area contributed by atoms with E-state index in [1.807, 2.05) is 20.8 Å². The molecule has 0 aliphatic rings. The quantitative estimate of drug-likeness (QED) is 0.594. The van der Waals surface area contributed by atoms with Gasteiger partial charge in [0.1, 0.15) is 23.4 Å². The number of ether oxygens (including phenoxy) is 1. The normalized spacial score (nSPS) is 12.8. The van der Waals surface area contributed by atoms with Crippen LogP contribution < -0.4 is 15.4 Å². The number of aryl methyl sites for hydroxylation is 2. The fourth-order valence-electron chi connectivity index (χ4n) is 2.44. The molecule has 0 saturated heterocycles. The average molecular weight is 348 g/mol. The largest absolute Gasteiger partial charge is 0.489 e. The lowest BCUT2D eigenvalue weighted by Gasteiger charge is -2.17. The number of aliphatic imine (C=N–C) groups is 1. The van der Waals surface area contributed by atoms with Gasteiger partial charge >= 0.3 is 0 Å². The monoisotopic (exact) mass is 348 g/mol. The van der Waals surface area contributed by atoms with E-state index in [4.69, 9.17) is 9.26 Å². The third-order valence-corrected chi connectivity index (χ3v) is 3.76. The number of aromatic nitrogens is 1. The van der Waals surface area contributed by atoms with Gasteiger partial charge in [-0.3, -0.25) is 4.99 Å². The van der Waals surface area contributed by atoms with Crippen LogP contribution in [0.5, 0.6) is 5.75 Å². The molecule has 2 N–H and O–H groups in total. The van der Waals surface area contributed by atoms with Gasteiger partial charge in [-0.05, 0) is 39.3 Å². The molecule has 6 nitrogen and oxygen atoms in total. The van der Waals surface area contributed by atoms with Crippen LogP contribution in [0.15, 0.2) is 33.8 Å². The molecule has 136 valence electrons. The summed E-state index contributed by atoms with van der Waals surface area (Å²) in [7, 11) is 1.71. The van der Waals surface area contributed by atoms with Crippen LogP contribution in [-0.4, -0.2) is 37.4 Å². The van der Waals surface area contributed by atoms with Crippen molar-refractivity contribution in [3.8, 4) is 5.75 Å². The van der Waals surface area contributed by atoms with E-state index in [1.54, 1.807) is 19.2 Å². The predicted molar refractivity (Wildman–Crippen MR) is 95.5 cm³/mol. The highest BCUT2D eigenvalue weighted by atomic mass is 19.1. The Morgan fingerprint density at radius 3 is 2.80 bits per heavy atom. The van der Waals surface area contributed by atoms with Crippen molar-refractivity contribution in [2.75, 3.05) is 20.1 Å². The van der Waals surface area contributed by atoms with Crippen LogP contribution in [0.4, 0.5) is 4.39 Å². The van der Waals surface area contributed by atoms with Gasteiger partial charge < -0.3 is 19.9 Å². The number of nitrogens with zero attached hydrogens (tertiary/aromatic N) is 2. The van der Waals surface area contributed by atoms with Gasteiger partial charge in [0, 0.05) is 25.2 Å². The van der Waals surface area contributed by atoms with Crippen LogP contribution in [0.25, 0.3) is 0 Å². The number of nitrogens with one attached hydrogen (secondary N) is 2. The molecule has 0 saturated carbocycles. The maximum absolute atomic E-state index is 13.2. The van der Waals surface area contributed by atoms with Gasteiger partial charge in [0.05, 0.1) is 12.2 Å². The van der Waals surface area contributed by atoms with Crippen molar-refractivity contribution < 1.29 is 13.7 Å². The highest BCUT2D eigenvalue weighted by molar-refractivity contribution is 5.79. The molecule has 1 aromatic carbocycles. The summed E-state index contributed by atoms with van der Waals surface area (Å²) >= 11 is 0. The maximum atomic E-state index is 13.2. The first-order valence-corrected chi connectivity index (χ1v) is 8.28. The van der Waals surface area contributed by atoms with Gasteiger partial charge in [-0.1, -0.05) is 11.2 Å². The van der Waals surface area contributed by atoms with Gasteiger partial charge in [0.25, 0.3) is 0 Å². The van der Waals surface area contributed by atoms with E-state index in [0.717, 1.165) is 23.4 Å². The summed E-state index contributed by atoms with van der Waals surface area (Å²) in [4.78, 5) is 4.18. The molecule has 0 bridgehead atoms. The van der Waals surface area contributed by atoms with E-state index >= 15 is 0 Å². The lowest BCUT2D eigenvalue weighted by molar-refractivity contribution is 0.223. The molecule has 0 aliphatic heterocycles. The molecule has 1 aromatic heterocycles. The fraction of sp³-hybridized carbons (Fsp3) is 0.444. The summed E-state index contributed by atoms with van der Waals surface area (Å²) in [6, 6.07) is 6.12. The number of halogens is 1. The number of hydrogen-bond donors (Lipinski definition) is 2. The topological polar surface area (TPSA) is 71.7 Å². The van der Waals surface area contributed by atoms with E-state index < -0.39 is 0 Å². The molecule has 25 heavy (non-hydrogen) atoms. The van der Waals surface area contributed by atoms with Crippen LogP contribution in [-0.2, 0) is 6.42 Å². The first kappa shape index (κ1) is 18.8. The summed E-state index contributed by atoms with van der Waals surface area (Å²) in [5.74, 6) is 1.73. The molecule has 0 aliphatic carbocycles. The van der Waals surface area contributed by atoms with E-state index in [1.165, 1.54) is 12.1 Å². The number of benzene rings is 1. The van der Waals surface area contributed by atoms with Crippen LogP contribution in [0.2, 0.25) is 0 Å². The molecular formula is C18H25FN4O2. The van der Waals surface area contributed by atoms with Gasteiger partial charge in [0.2, 0.25) is 0 Å². The Kier molecular flexibility index (Phi) is 6.80. The van der Waals surface area contributed by atoms with Crippen molar-refractivity contribution in [2.24, 2.45) is 4.99 Å². The Morgan fingerprint density at radius 1 is 1.36 bits per heavy atom. The third-order valence-electron chi connectivity index (χ3n) is 3.76. The summed E-state index contributed by atoms with van der Waals surface area (Å²) < 4.78 is 24.0. The number of guanidine groups is 1. The highest BCUT2D eigenvalue weighted by Gasteiger charge is 2.09. The molecule has 7 heteroatoms. The maximum Gasteiger partial charge on any atom is 0.191 e. The van der Waals surface area contributed by atoms with E-state index in [2.05, 4.69) is 20.8 Å². The highest BCUT2D eigenvalue weighted by Crippen LogP contribution is 2.13. The molecule has 1 atom stereocenters. The van der Waals surface area contributed by atoms with Crippen LogP contribution >= 0.6 is 0 Å². The zero-order valence-electron chi connectivity index (χ0n) is 15.1. The first-order chi connectivity index (χ1) is 12.0. The average Bonchev–Trinajstić information content (AvgIpc) is 2.89. The molecular weight excluding hydrogens is 323 g/mol. The summed E-state index contributed by atoms with van der Waals surface area (Å²) in [6.07, 6.45) is 0.667. The molecule has 0 radical (unpaired) electrons. The molecule has 0 spiro atoms. The van der Waals surface area contributed by atoms with Crippen molar-refractivity contribution in [2.45, 2.75) is 33.3 Å². The van der Waals surface area contributed by atoms with Gasteiger partial charge in [-0.25, -0.2) is 4.39 Å². The van der Waals surface area contributed by atoms with Crippen molar-refractivity contribution in [1.82, 2.24) is 15.8 Å². The number of hydrogen-bond acceptors (Lipinski definition) is 4. The van der Waals surface area contributed by atoms with Crippen LogP contribution in [0.3, 0.4) is 0 Å². The van der Waals surface area contributed by atoms with Crippen LogP contribution in [0, 0.1) is 19.7 Å². The Hall–Kier alpha value is -2.57. The second-order valence-electron chi connectivity index (χ2n) is 5.82. The van der Waals surface area contributed by atoms with Crippen molar-refractivity contribution in [1.29, 1.82) is 0 Å². The fourth-order valence-corrected chi connectivity index (χ4v) is 2.44. The number of rotatable bonds is 7. The molecule has 1 heterocycles. The van der Waals surface area contributed by atoms with E-state index in [0.29, 0.717) is 24.8 Å². The minimum absolute atomic E-state index is 0.136. The molecule has 0 fully saturated rings. The molecule has 2 rings (SSSR count). The minimum Gasteiger partial charge on any atom is -0.489 e. The lowest BCUT2D eigenvalue weighted by atomic mass is 10.1. The molecule has 1 unspecified atom stereocenters. The lowest BCUT2D eigenvalue weighted by Crippen LogP contribution is -2.42. The van der Waals surface area contributed by atoms with Gasteiger partial charge in [-0.15, -0.1) is 0 Å². The Morgan fingerprint density at radius 2 is 2.16 bits per heavy atom. The molecule has 0 amide bonds. The minimum atomic E-state index is -0.311. The summed E-state index contributed by atoms with van der Waals surface area (Å²) in [6.45, 7) is 7.01. The van der Waals surface area contributed by atoms with Gasteiger partial charge in [0.15, 0.2) is 5.96 Å². The van der Waals surface area contributed by atoms with Crippen LogP contribution in [0.1, 0.15) is 23.9 Å². The first-order valence-electron chi connectivity index (χ1n) is 8.28. The van der Waals surface area contributed by atoms with Crippen molar-refractivity contribution in [3.63, 3.8) is 0 Å². The van der Waals surface area contributed by atoms with Gasteiger partial charge in [-0.2, -0.15) is 0 Å². The SMILES string of the molecule is CN=C(NCCc1c(C)noc1C)NCC(C)Oc1cccc(F)c1. The zero-order chi connectivity index (χ0) is 18.2. The predicted octanol–water partition coefficient (Wildman–Crippen LogP) is 2.61. The van der Waals surface area contributed by atoms with E-state index in [-0.39, 0.29) is 11.9 Å². The molecule has 2 aromatic rings. The second-order valence-corrected chi connectivity index (χ2v) is 5.82. The van der Waals surface area contributed by atoms with Crippen molar-refractivity contribution in [3.05, 3.63) is 47.1 Å². The second kappa shape index (κ2) is 9.05. The van der Waals surface area contributed by atoms with E-state index in [9.17, 15) is 4.39 Å². The van der Waals surface area contributed by atoms with Crippen molar-refractivity contribution >= 4 is 5.96 Å². The smallest absolute Gasteiger partial charge is 0.191 e. The summed E-state index contributed by atoms with van der Waals surface area (Å²) in [5, 5.41) is 10.4. The standard InChI is InChI=1S/C18H25FN4O2/c1-12(24-16-7-5-6-15(19)10-16)11-22-18(20-4)21-9-8-17-13(2)23-25-14(17)3/h5-7,10,12H,8-9,11H2,1-4H3,(H2,20,21,22).